The fraction of sp³-hybridized carbons (Fsp3) is 0.500. The van der Waals surface area contributed by atoms with E-state index in [4.69, 9.17) is 0 Å². The maximum atomic E-state index is 12.4. The van der Waals surface area contributed by atoms with E-state index in [-0.39, 0.29) is 35.4 Å². The molecule has 1 atom stereocenters. The fourth-order valence-corrected chi connectivity index (χ4v) is 4.83. The number of amides is 2. The number of hydrogen-bond acceptors (Lipinski definition) is 4. The summed E-state index contributed by atoms with van der Waals surface area (Å²) < 4.78 is 25.7. The van der Waals surface area contributed by atoms with Crippen molar-refractivity contribution in [2.75, 3.05) is 13.1 Å². The van der Waals surface area contributed by atoms with Gasteiger partial charge in [0.1, 0.15) is 4.90 Å². The second kappa shape index (κ2) is 5.96. The molecule has 1 aromatic rings. The van der Waals surface area contributed by atoms with Gasteiger partial charge in [0, 0.05) is 25.6 Å². The zero-order chi connectivity index (χ0) is 16.6. The van der Waals surface area contributed by atoms with Gasteiger partial charge in [-0.3, -0.25) is 9.59 Å². The first-order valence-corrected chi connectivity index (χ1v) is 9.32. The first-order chi connectivity index (χ1) is 10.9. The Morgan fingerprint density at radius 2 is 2.00 bits per heavy atom. The summed E-state index contributed by atoms with van der Waals surface area (Å²) in [5.41, 5.74) is 0.186. The molecule has 2 aliphatic heterocycles. The molecular formula is C16H20N2O4S. The van der Waals surface area contributed by atoms with E-state index in [0.717, 1.165) is 23.6 Å². The number of hydrogen-bond donors (Lipinski definition) is 0. The zero-order valence-electron chi connectivity index (χ0n) is 13.1. The molecule has 0 N–H and O–H groups in total. The molecule has 0 bridgehead atoms. The van der Waals surface area contributed by atoms with Crippen LogP contribution in [-0.2, 0) is 14.8 Å². The molecule has 7 heteroatoms. The lowest BCUT2D eigenvalue weighted by molar-refractivity contribution is -0.134. The van der Waals surface area contributed by atoms with E-state index in [9.17, 15) is 18.0 Å². The number of rotatable bonds is 3. The zero-order valence-corrected chi connectivity index (χ0v) is 13.9. The molecule has 6 nitrogen and oxygen atoms in total. The molecule has 2 amide bonds. The van der Waals surface area contributed by atoms with Crippen LogP contribution in [0.1, 0.15) is 43.0 Å². The van der Waals surface area contributed by atoms with Crippen molar-refractivity contribution in [3.05, 3.63) is 29.8 Å². The number of benzene rings is 1. The van der Waals surface area contributed by atoms with Crippen molar-refractivity contribution in [1.82, 2.24) is 9.21 Å². The summed E-state index contributed by atoms with van der Waals surface area (Å²) in [4.78, 5) is 26.5. The number of fused-ring (bicyclic) bond motifs is 1. The highest BCUT2D eigenvalue weighted by molar-refractivity contribution is 7.90. The van der Waals surface area contributed by atoms with Gasteiger partial charge in [-0.15, -0.1) is 0 Å². The molecule has 1 fully saturated rings. The number of carbonyl (C=O) groups is 2. The second-order valence-corrected chi connectivity index (χ2v) is 7.89. The molecule has 1 saturated heterocycles. The highest BCUT2D eigenvalue weighted by Crippen LogP contribution is 2.30. The highest BCUT2D eigenvalue weighted by atomic mass is 32.2. The van der Waals surface area contributed by atoms with Crippen LogP contribution in [0.3, 0.4) is 0 Å². The van der Waals surface area contributed by atoms with Gasteiger partial charge in [0.15, 0.2) is 0 Å². The van der Waals surface area contributed by atoms with Crippen molar-refractivity contribution in [1.29, 1.82) is 0 Å². The molecule has 3 rings (SSSR count). The standard InChI is InChI=1S/C16H20N2O4S/c1-12-6-4-5-10-17(12)15(19)9-11-18-16(20)13-7-2-3-8-14(13)23(18,21)22/h2-3,7-8,12H,4-6,9-11H2,1H3. The van der Waals surface area contributed by atoms with Gasteiger partial charge in [0.05, 0.1) is 5.56 Å². The Labute approximate surface area is 136 Å². The molecule has 0 aliphatic carbocycles. The lowest BCUT2D eigenvalue weighted by Gasteiger charge is -2.33. The van der Waals surface area contributed by atoms with E-state index in [1.807, 2.05) is 6.92 Å². The molecule has 124 valence electrons. The van der Waals surface area contributed by atoms with Crippen molar-refractivity contribution < 1.29 is 18.0 Å². The van der Waals surface area contributed by atoms with Crippen molar-refractivity contribution >= 4 is 21.8 Å². The van der Waals surface area contributed by atoms with Gasteiger partial charge >= 0.3 is 0 Å². The van der Waals surface area contributed by atoms with Crippen molar-refractivity contribution in [2.45, 2.75) is 43.5 Å². The number of nitrogens with zero attached hydrogens (tertiary/aromatic N) is 2. The van der Waals surface area contributed by atoms with Crippen LogP contribution in [0.4, 0.5) is 0 Å². The molecule has 0 aromatic heterocycles. The second-order valence-electron chi connectivity index (χ2n) is 6.06. The summed E-state index contributed by atoms with van der Waals surface area (Å²) in [5.74, 6) is -0.628. The third kappa shape index (κ3) is 2.73. The Morgan fingerprint density at radius 3 is 2.70 bits per heavy atom. The predicted molar refractivity (Wildman–Crippen MR) is 84.3 cm³/mol. The van der Waals surface area contributed by atoms with E-state index in [2.05, 4.69) is 0 Å². The van der Waals surface area contributed by atoms with Crippen LogP contribution in [0.5, 0.6) is 0 Å². The third-order valence-corrected chi connectivity index (χ3v) is 6.40. The normalized spacial score (nSPS) is 23.0. The Morgan fingerprint density at radius 1 is 1.26 bits per heavy atom. The van der Waals surface area contributed by atoms with Gasteiger partial charge in [0.2, 0.25) is 5.91 Å². The molecule has 2 aliphatic rings. The molecule has 2 heterocycles. The molecule has 0 saturated carbocycles. The monoisotopic (exact) mass is 336 g/mol. The average molecular weight is 336 g/mol. The predicted octanol–water partition coefficient (Wildman–Crippen LogP) is 1.62. The third-order valence-electron chi connectivity index (χ3n) is 4.56. The SMILES string of the molecule is CC1CCCCN1C(=O)CCN1C(=O)c2ccccc2S1(=O)=O. The maximum absolute atomic E-state index is 12.4. The van der Waals surface area contributed by atoms with E-state index >= 15 is 0 Å². The van der Waals surface area contributed by atoms with E-state index in [1.54, 1.807) is 17.0 Å². The van der Waals surface area contributed by atoms with Crippen molar-refractivity contribution in [3.8, 4) is 0 Å². The fourth-order valence-electron chi connectivity index (χ4n) is 3.26. The van der Waals surface area contributed by atoms with Crippen LogP contribution in [0, 0.1) is 0 Å². The molecule has 1 unspecified atom stereocenters. The summed E-state index contributed by atoms with van der Waals surface area (Å²) in [6.45, 7) is 2.61. The average Bonchev–Trinajstić information content (AvgIpc) is 2.73. The quantitative estimate of drug-likeness (QED) is 0.841. The Balaban J connectivity index is 1.72. The van der Waals surface area contributed by atoms with E-state index < -0.39 is 15.9 Å². The van der Waals surface area contributed by atoms with Crippen LogP contribution in [0.25, 0.3) is 0 Å². The number of likely N-dealkylation sites (tertiary alicyclic amines) is 1. The molecule has 23 heavy (non-hydrogen) atoms. The minimum absolute atomic E-state index is 0.0311. The largest absolute Gasteiger partial charge is 0.340 e. The lowest BCUT2D eigenvalue weighted by Crippen LogP contribution is -2.43. The summed E-state index contributed by atoms with van der Waals surface area (Å²) in [6, 6.07) is 6.34. The van der Waals surface area contributed by atoms with Gasteiger partial charge in [-0.05, 0) is 38.3 Å². The maximum Gasteiger partial charge on any atom is 0.269 e. The Kier molecular flexibility index (Phi) is 4.14. The first-order valence-electron chi connectivity index (χ1n) is 7.88. The van der Waals surface area contributed by atoms with Crippen LogP contribution in [0.15, 0.2) is 29.2 Å². The van der Waals surface area contributed by atoms with Gasteiger partial charge in [-0.25, -0.2) is 12.7 Å². The lowest BCUT2D eigenvalue weighted by atomic mass is 10.0. The van der Waals surface area contributed by atoms with Crippen molar-refractivity contribution in [3.63, 3.8) is 0 Å². The van der Waals surface area contributed by atoms with Crippen LogP contribution in [0.2, 0.25) is 0 Å². The molecule has 0 spiro atoms. The van der Waals surface area contributed by atoms with Crippen molar-refractivity contribution in [2.24, 2.45) is 0 Å². The topological polar surface area (TPSA) is 74.8 Å². The van der Waals surface area contributed by atoms with Gasteiger partial charge in [-0.1, -0.05) is 12.1 Å². The summed E-state index contributed by atoms with van der Waals surface area (Å²) >= 11 is 0. The number of sulfonamides is 1. The smallest absolute Gasteiger partial charge is 0.269 e. The highest BCUT2D eigenvalue weighted by Gasteiger charge is 2.41. The minimum atomic E-state index is -3.82. The van der Waals surface area contributed by atoms with Gasteiger partial charge in [0.25, 0.3) is 15.9 Å². The molecule has 1 aromatic carbocycles. The van der Waals surface area contributed by atoms with Crippen LogP contribution >= 0.6 is 0 Å². The van der Waals surface area contributed by atoms with Gasteiger partial charge in [-0.2, -0.15) is 0 Å². The number of carbonyl (C=O) groups excluding carboxylic acids is 2. The van der Waals surface area contributed by atoms with E-state index in [0.29, 0.717) is 6.54 Å². The van der Waals surface area contributed by atoms with Crippen LogP contribution < -0.4 is 0 Å². The number of piperidine rings is 1. The molecular weight excluding hydrogens is 316 g/mol. The first kappa shape index (κ1) is 16.0. The Bertz CT molecular complexity index is 744. The van der Waals surface area contributed by atoms with Gasteiger partial charge < -0.3 is 4.90 Å². The summed E-state index contributed by atoms with van der Waals surface area (Å²) in [5, 5.41) is 0. The van der Waals surface area contributed by atoms with E-state index in [1.165, 1.54) is 12.1 Å². The minimum Gasteiger partial charge on any atom is -0.340 e. The Hall–Kier alpha value is -1.89. The van der Waals surface area contributed by atoms with Crippen LogP contribution in [-0.4, -0.2) is 48.6 Å². The molecule has 0 radical (unpaired) electrons. The summed E-state index contributed by atoms with van der Waals surface area (Å²) in [6.07, 6.45) is 3.09. The summed E-state index contributed by atoms with van der Waals surface area (Å²) in [7, 11) is -3.82.